The normalized spacial score (nSPS) is 27.4. The average Bonchev–Trinajstić information content (AvgIpc) is 2.80. The van der Waals surface area contributed by atoms with Gasteiger partial charge in [-0.1, -0.05) is 31.5 Å². The predicted octanol–water partition coefficient (Wildman–Crippen LogP) is 3.98. The van der Waals surface area contributed by atoms with E-state index in [4.69, 9.17) is 21.1 Å². The number of halogens is 2. The quantitative estimate of drug-likeness (QED) is 0.665. The number of aliphatic hydroxyl groups is 1. The van der Waals surface area contributed by atoms with E-state index in [0.717, 1.165) is 37.9 Å². The van der Waals surface area contributed by atoms with Crippen molar-refractivity contribution in [2.45, 2.75) is 52.2 Å². The fraction of sp³-hybridized carbons (Fsp3) is 0.731. The van der Waals surface area contributed by atoms with Gasteiger partial charge < -0.3 is 19.5 Å². The van der Waals surface area contributed by atoms with Crippen molar-refractivity contribution in [3.05, 3.63) is 34.6 Å². The molecule has 0 aromatic heterocycles. The molecule has 0 aliphatic carbocycles. The minimum absolute atomic E-state index is 0.0790. The third-order valence-corrected chi connectivity index (χ3v) is 7.66. The number of aliphatic hydroxyl groups excluding tert-OH is 1. The first-order chi connectivity index (χ1) is 16.2. The third-order valence-electron chi connectivity index (χ3n) is 7.35. The number of benzene rings is 1. The lowest BCUT2D eigenvalue weighted by Crippen LogP contribution is -2.47. The van der Waals surface area contributed by atoms with Gasteiger partial charge in [-0.2, -0.15) is 0 Å². The van der Waals surface area contributed by atoms with Crippen molar-refractivity contribution in [3.63, 3.8) is 0 Å². The van der Waals surface area contributed by atoms with Gasteiger partial charge in [0.25, 0.3) is 0 Å². The molecule has 34 heavy (non-hydrogen) atoms. The van der Waals surface area contributed by atoms with Crippen LogP contribution in [-0.2, 0) is 20.8 Å². The standard InChI is InChI=1S/C26H40ClFN2O4/c1-26(2)18-34-11-4-5-21-16-29(15-19-6-7-22(27)23(28)13-19)9-8-20(21)14-25(32)30(10-12-33-3)17-24(26)31/h6-7,13,20-21,24,31H,4-5,8-12,14-18H2,1-3H3/t20-,21-,24-/m0/s1. The van der Waals surface area contributed by atoms with Crippen LogP contribution in [0.15, 0.2) is 18.2 Å². The van der Waals surface area contributed by atoms with Crippen LogP contribution < -0.4 is 0 Å². The number of fused-ring (bicyclic) bond motifs is 1. The lowest BCUT2D eigenvalue weighted by Gasteiger charge is -2.39. The summed E-state index contributed by atoms with van der Waals surface area (Å²) < 4.78 is 25.1. The van der Waals surface area contributed by atoms with Crippen molar-refractivity contribution in [2.75, 3.05) is 53.1 Å². The van der Waals surface area contributed by atoms with Crippen LogP contribution >= 0.6 is 11.6 Å². The second-order valence-corrected chi connectivity index (χ2v) is 10.9. The lowest BCUT2D eigenvalue weighted by molar-refractivity contribution is -0.137. The highest BCUT2D eigenvalue weighted by Gasteiger charge is 2.35. The van der Waals surface area contributed by atoms with E-state index in [0.29, 0.717) is 45.2 Å². The molecule has 1 N–H and O–H groups in total. The first kappa shape index (κ1) is 27.3. The molecular weight excluding hydrogens is 459 g/mol. The molecule has 0 spiro atoms. The van der Waals surface area contributed by atoms with Crippen molar-refractivity contribution in [3.8, 4) is 0 Å². The summed E-state index contributed by atoms with van der Waals surface area (Å²) in [6, 6.07) is 5.00. The Labute approximate surface area is 208 Å². The molecule has 0 saturated carbocycles. The number of β-amino-alcohol motifs (C(OH)–C–C–N with tert-alkyl or cyclic N) is 1. The van der Waals surface area contributed by atoms with Gasteiger partial charge in [0.15, 0.2) is 0 Å². The molecule has 6 nitrogen and oxygen atoms in total. The average molecular weight is 499 g/mol. The van der Waals surface area contributed by atoms with Gasteiger partial charge in [-0.15, -0.1) is 0 Å². The van der Waals surface area contributed by atoms with E-state index in [1.807, 2.05) is 19.9 Å². The number of methoxy groups -OCH3 is 1. The number of hydrogen-bond acceptors (Lipinski definition) is 5. The summed E-state index contributed by atoms with van der Waals surface area (Å²) >= 11 is 5.84. The van der Waals surface area contributed by atoms with E-state index in [1.165, 1.54) is 6.07 Å². The zero-order valence-electron chi connectivity index (χ0n) is 20.8. The Bertz CT molecular complexity index is 809. The molecule has 1 amide bonds. The third kappa shape index (κ3) is 7.62. The molecule has 0 unspecified atom stereocenters. The molecular formula is C26H40ClFN2O4. The van der Waals surface area contributed by atoms with Gasteiger partial charge in [-0.3, -0.25) is 9.69 Å². The topological polar surface area (TPSA) is 62.2 Å². The van der Waals surface area contributed by atoms with Crippen molar-refractivity contribution in [2.24, 2.45) is 17.3 Å². The molecule has 1 aromatic carbocycles. The molecule has 8 heteroatoms. The van der Waals surface area contributed by atoms with Crippen molar-refractivity contribution in [1.29, 1.82) is 0 Å². The lowest BCUT2D eigenvalue weighted by atomic mass is 9.80. The SMILES string of the molecule is COCCN1C[C@H](O)C(C)(C)COCCC[C@H]2CN(Cc3ccc(Cl)c(F)c3)CC[C@H]2CC1=O. The van der Waals surface area contributed by atoms with Crippen LogP contribution in [-0.4, -0.2) is 80.0 Å². The highest BCUT2D eigenvalue weighted by Crippen LogP contribution is 2.33. The Balaban J connectivity index is 1.71. The molecule has 1 aromatic rings. The highest BCUT2D eigenvalue weighted by molar-refractivity contribution is 6.30. The van der Waals surface area contributed by atoms with Crippen molar-refractivity contribution in [1.82, 2.24) is 9.80 Å². The largest absolute Gasteiger partial charge is 0.391 e. The van der Waals surface area contributed by atoms with Crippen molar-refractivity contribution < 1.29 is 23.8 Å². The van der Waals surface area contributed by atoms with E-state index in [-0.39, 0.29) is 29.2 Å². The zero-order valence-corrected chi connectivity index (χ0v) is 21.5. The van der Waals surface area contributed by atoms with Crippen molar-refractivity contribution >= 4 is 17.5 Å². The van der Waals surface area contributed by atoms with Crippen LogP contribution in [0.25, 0.3) is 0 Å². The number of likely N-dealkylation sites (tertiary alicyclic amines) is 1. The Kier molecular flexibility index (Phi) is 10.2. The fourth-order valence-electron chi connectivity index (χ4n) is 5.00. The smallest absolute Gasteiger partial charge is 0.223 e. The molecule has 0 radical (unpaired) electrons. The Morgan fingerprint density at radius 3 is 2.79 bits per heavy atom. The summed E-state index contributed by atoms with van der Waals surface area (Å²) in [6.45, 7) is 8.64. The summed E-state index contributed by atoms with van der Waals surface area (Å²) in [4.78, 5) is 17.4. The van der Waals surface area contributed by atoms with Gasteiger partial charge in [0.05, 0.1) is 24.3 Å². The Morgan fingerprint density at radius 2 is 2.06 bits per heavy atom. The molecule has 192 valence electrons. The molecule has 2 saturated heterocycles. The first-order valence-corrected chi connectivity index (χ1v) is 12.8. The second-order valence-electron chi connectivity index (χ2n) is 10.5. The number of amides is 1. The van der Waals surface area contributed by atoms with Crippen LogP contribution in [0.3, 0.4) is 0 Å². The van der Waals surface area contributed by atoms with Crippen LogP contribution in [0.4, 0.5) is 4.39 Å². The maximum atomic E-state index is 13.9. The Morgan fingerprint density at radius 1 is 1.26 bits per heavy atom. The predicted molar refractivity (Wildman–Crippen MR) is 131 cm³/mol. The number of ether oxygens (including phenoxy) is 2. The number of piperidine rings is 1. The maximum Gasteiger partial charge on any atom is 0.223 e. The first-order valence-electron chi connectivity index (χ1n) is 12.4. The van der Waals surface area contributed by atoms with Crippen LogP contribution in [0.1, 0.15) is 45.1 Å². The monoisotopic (exact) mass is 498 g/mol. The summed E-state index contributed by atoms with van der Waals surface area (Å²) in [5.74, 6) is 0.332. The van der Waals surface area contributed by atoms with E-state index in [2.05, 4.69) is 4.90 Å². The number of nitrogens with zero attached hydrogens (tertiary/aromatic N) is 2. The minimum Gasteiger partial charge on any atom is -0.391 e. The van der Waals surface area contributed by atoms with E-state index >= 15 is 0 Å². The molecule has 2 heterocycles. The number of carbonyl (C=O) groups is 1. The van der Waals surface area contributed by atoms with Gasteiger partial charge >= 0.3 is 0 Å². The van der Waals surface area contributed by atoms with Gasteiger partial charge in [0.1, 0.15) is 5.82 Å². The highest BCUT2D eigenvalue weighted by atomic mass is 35.5. The van der Waals surface area contributed by atoms with Crippen LogP contribution in [0.2, 0.25) is 5.02 Å². The minimum atomic E-state index is -0.675. The van der Waals surface area contributed by atoms with Crippen LogP contribution in [0.5, 0.6) is 0 Å². The zero-order chi connectivity index (χ0) is 24.7. The summed E-state index contributed by atoms with van der Waals surface area (Å²) in [5.41, 5.74) is 0.461. The van der Waals surface area contributed by atoms with Gasteiger partial charge in [0, 0.05) is 51.7 Å². The fourth-order valence-corrected chi connectivity index (χ4v) is 5.12. The summed E-state index contributed by atoms with van der Waals surface area (Å²) in [5, 5.41) is 11.0. The summed E-state index contributed by atoms with van der Waals surface area (Å²) in [7, 11) is 1.62. The molecule has 3 rings (SSSR count). The maximum absolute atomic E-state index is 13.9. The van der Waals surface area contributed by atoms with Gasteiger partial charge in [-0.05, 0) is 55.3 Å². The molecule has 2 aliphatic rings. The van der Waals surface area contributed by atoms with Gasteiger partial charge in [-0.25, -0.2) is 4.39 Å². The second kappa shape index (κ2) is 12.6. The summed E-state index contributed by atoms with van der Waals surface area (Å²) in [6.07, 6.45) is 2.61. The Hall–Kier alpha value is -1.25. The molecule has 2 fully saturated rings. The van der Waals surface area contributed by atoms with E-state index < -0.39 is 11.5 Å². The van der Waals surface area contributed by atoms with Crippen LogP contribution in [0, 0.1) is 23.1 Å². The number of hydrogen-bond donors (Lipinski definition) is 1. The molecule has 2 aliphatic heterocycles. The molecule has 0 bridgehead atoms. The van der Waals surface area contributed by atoms with E-state index in [1.54, 1.807) is 18.1 Å². The number of carbonyl (C=O) groups excluding carboxylic acids is 1. The van der Waals surface area contributed by atoms with E-state index in [9.17, 15) is 14.3 Å². The van der Waals surface area contributed by atoms with Gasteiger partial charge in [0.2, 0.25) is 5.91 Å². The molecule has 3 atom stereocenters. The number of rotatable bonds is 5.